The van der Waals surface area contributed by atoms with Crippen molar-refractivity contribution < 1.29 is 4.74 Å². The highest BCUT2D eigenvalue weighted by molar-refractivity contribution is 7.99. The van der Waals surface area contributed by atoms with Gasteiger partial charge in [0.2, 0.25) is 0 Å². The van der Waals surface area contributed by atoms with Crippen LogP contribution >= 0.6 is 11.8 Å². The third-order valence-electron chi connectivity index (χ3n) is 5.97. The van der Waals surface area contributed by atoms with Crippen molar-refractivity contribution in [2.75, 3.05) is 37.7 Å². The number of hydrogen-bond donors (Lipinski definition) is 1. The van der Waals surface area contributed by atoms with Crippen molar-refractivity contribution in [2.45, 2.75) is 62.6 Å². The molecule has 1 saturated carbocycles. The van der Waals surface area contributed by atoms with Gasteiger partial charge in [0, 0.05) is 24.4 Å². The summed E-state index contributed by atoms with van der Waals surface area (Å²) in [6, 6.07) is 1.67. The van der Waals surface area contributed by atoms with E-state index < -0.39 is 0 Å². The molecule has 0 aromatic heterocycles. The minimum Gasteiger partial charge on any atom is -0.374 e. The summed E-state index contributed by atoms with van der Waals surface area (Å²) >= 11 is 2.09. The number of nitrogens with one attached hydrogen (secondary N) is 1. The van der Waals surface area contributed by atoms with Gasteiger partial charge in [0.05, 0.1) is 5.60 Å². The molecule has 1 aliphatic carbocycles. The summed E-state index contributed by atoms with van der Waals surface area (Å²) in [6.07, 6.45) is 9.48. The maximum absolute atomic E-state index is 6.18. The summed E-state index contributed by atoms with van der Waals surface area (Å²) in [5.41, 5.74) is 0.248. The largest absolute Gasteiger partial charge is 0.374 e. The third-order valence-corrected chi connectivity index (χ3v) is 7.20. The Morgan fingerprint density at radius 1 is 1.14 bits per heavy atom. The number of piperidine rings is 1. The van der Waals surface area contributed by atoms with Crippen LogP contribution < -0.4 is 5.32 Å². The van der Waals surface area contributed by atoms with E-state index in [0.717, 1.165) is 24.6 Å². The normalized spacial score (nSPS) is 39.1. The lowest BCUT2D eigenvalue weighted by atomic mass is 9.87. The highest BCUT2D eigenvalue weighted by Gasteiger charge is 2.42. The van der Waals surface area contributed by atoms with Crippen LogP contribution in [0.5, 0.6) is 0 Å². The molecule has 4 rings (SSSR count). The van der Waals surface area contributed by atoms with Crippen LogP contribution in [0.15, 0.2) is 0 Å². The Morgan fingerprint density at radius 3 is 2.71 bits per heavy atom. The van der Waals surface area contributed by atoms with E-state index in [1.54, 1.807) is 0 Å². The van der Waals surface area contributed by atoms with Crippen LogP contribution in [0.1, 0.15) is 44.9 Å². The molecule has 2 unspecified atom stereocenters. The van der Waals surface area contributed by atoms with Crippen molar-refractivity contribution >= 4 is 11.8 Å². The predicted molar refractivity (Wildman–Crippen MR) is 89.0 cm³/mol. The van der Waals surface area contributed by atoms with Gasteiger partial charge in [0.15, 0.2) is 0 Å². The molecule has 0 radical (unpaired) electrons. The lowest BCUT2D eigenvalue weighted by Gasteiger charge is -2.45. The van der Waals surface area contributed by atoms with Gasteiger partial charge in [-0.15, -0.1) is 0 Å². The fourth-order valence-corrected chi connectivity index (χ4v) is 5.70. The third kappa shape index (κ3) is 3.60. The molecule has 4 fully saturated rings. The Balaban J connectivity index is 1.25. The van der Waals surface area contributed by atoms with Gasteiger partial charge >= 0.3 is 0 Å². The molecular weight excluding hydrogens is 280 g/mol. The number of ether oxygens (including phenoxy) is 1. The summed E-state index contributed by atoms with van der Waals surface area (Å²) in [7, 11) is 0. The number of rotatable bonds is 4. The SMILES string of the molecule is C1CC(N2CCC(CNC3CC3)CC2)CC2(CCSC2)O1. The van der Waals surface area contributed by atoms with Crippen LogP contribution in [0.4, 0.5) is 0 Å². The van der Waals surface area contributed by atoms with Gasteiger partial charge in [-0.1, -0.05) is 0 Å². The topological polar surface area (TPSA) is 24.5 Å². The number of hydrogen-bond acceptors (Lipinski definition) is 4. The van der Waals surface area contributed by atoms with Crippen molar-refractivity contribution in [3.8, 4) is 0 Å². The zero-order valence-corrected chi connectivity index (χ0v) is 14.0. The molecule has 1 spiro atoms. The lowest BCUT2D eigenvalue weighted by molar-refractivity contribution is -0.0928. The first kappa shape index (κ1) is 14.8. The van der Waals surface area contributed by atoms with Crippen molar-refractivity contribution in [2.24, 2.45) is 5.92 Å². The van der Waals surface area contributed by atoms with E-state index in [2.05, 4.69) is 22.0 Å². The molecule has 21 heavy (non-hydrogen) atoms. The van der Waals surface area contributed by atoms with E-state index in [9.17, 15) is 0 Å². The standard InChI is InChI=1S/C17H30N2OS/c1-2-15(1)18-12-14-3-7-19(8-4-14)16-5-9-20-17(11-16)6-10-21-13-17/h14-16,18H,1-13H2. The molecule has 1 N–H and O–H groups in total. The number of nitrogens with zero attached hydrogens (tertiary/aromatic N) is 1. The van der Waals surface area contributed by atoms with Gasteiger partial charge in [0.1, 0.15) is 0 Å². The molecule has 4 aliphatic rings. The highest BCUT2D eigenvalue weighted by atomic mass is 32.2. The monoisotopic (exact) mass is 310 g/mol. The minimum atomic E-state index is 0.248. The molecule has 3 heterocycles. The fourth-order valence-electron chi connectivity index (χ4n) is 4.32. The molecule has 0 amide bonds. The van der Waals surface area contributed by atoms with Gasteiger partial charge in [-0.2, -0.15) is 11.8 Å². The Hall–Kier alpha value is 0.230. The lowest BCUT2D eigenvalue weighted by Crippen LogP contribution is -2.51. The predicted octanol–water partition coefficient (Wildman–Crippen LogP) is 2.51. The maximum atomic E-state index is 6.18. The first-order valence-electron chi connectivity index (χ1n) is 9.02. The molecule has 120 valence electrons. The van der Waals surface area contributed by atoms with Crippen LogP contribution in [0.2, 0.25) is 0 Å². The smallest absolute Gasteiger partial charge is 0.0795 e. The van der Waals surface area contributed by atoms with Gasteiger partial charge in [-0.25, -0.2) is 0 Å². The summed E-state index contributed by atoms with van der Waals surface area (Å²) in [6.45, 7) is 4.91. The average molecular weight is 311 g/mol. The quantitative estimate of drug-likeness (QED) is 0.862. The Bertz CT molecular complexity index is 347. The van der Waals surface area contributed by atoms with E-state index >= 15 is 0 Å². The summed E-state index contributed by atoms with van der Waals surface area (Å²) in [5.74, 6) is 3.48. The molecule has 0 bridgehead atoms. The van der Waals surface area contributed by atoms with Crippen LogP contribution in [-0.4, -0.2) is 60.3 Å². The molecule has 0 aromatic carbocycles. The van der Waals surface area contributed by atoms with E-state index in [1.165, 1.54) is 76.1 Å². The van der Waals surface area contributed by atoms with Crippen LogP contribution in [-0.2, 0) is 4.74 Å². The van der Waals surface area contributed by atoms with E-state index in [0.29, 0.717) is 0 Å². The second-order valence-corrected chi connectivity index (χ2v) is 8.75. The Kier molecular flexibility index (Phi) is 4.50. The van der Waals surface area contributed by atoms with Gasteiger partial charge in [0.25, 0.3) is 0 Å². The summed E-state index contributed by atoms with van der Waals surface area (Å²) in [5, 5.41) is 3.72. The molecule has 3 aliphatic heterocycles. The van der Waals surface area contributed by atoms with Crippen molar-refractivity contribution in [3.63, 3.8) is 0 Å². The van der Waals surface area contributed by atoms with Gasteiger partial charge in [-0.3, -0.25) is 0 Å². The van der Waals surface area contributed by atoms with Crippen molar-refractivity contribution in [3.05, 3.63) is 0 Å². The molecule has 4 heteroatoms. The first-order chi connectivity index (χ1) is 10.3. The molecule has 3 saturated heterocycles. The second kappa shape index (κ2) is 6.38. The van der Waals surface area contributed by atoms with E-state index in [1.807, 2.05) is 0 Å². The van der Waals surface area contributed by atoms with E-state index in [4.69, 9.17) is 4.74 Å². The molecule has 0 aromatic rings. The van der Waals surface area contributed by atoms with Gasteiger partial charge in [-0.05, 0) is 76.3 Å². The van der Waals surface area contributed by atoms with Gasteiger partial charge < -0.3 is 15.0 Å². The zero-order valence-electron chi connectivity index (χ0n) is 13.2. The molecular formula is C17H30N2OS. The molecule has 2 atom stereocenters. The Morgan fingerprint density at radius 2 is 2.00 bits per heavy atom. The summed E-state index contributed by atoms with van der Waals surface area (Å²) in [4.78, 5) is 2.79. The highest BCUT2D eigenvalue weighted by Crippen LogP contribution is 2.40. The summed E-state index contributed by atoms with van der Waals surface area (Å²) < 4.78 is 6.18. The second-order valence-electron chi connectivity index (χ2n) is 7.64. The Labute approximate surface area is 133 Å². The minimum absolute atomic E-state index is 0.248. The van der Waals surface area contributed by atoms with Crippen LogP contribution in [0, 0.1) is 5.92 Å². The van der Waals surface area contributed by atoms with Crippen LogP contribution in [0.3, 0.4) is 0 Å². The maximum Gasteiger partial charge on any atom is 0.0795 e. The van der Waals surface area contributed by atoms with Crippen molar-refractivity contribution in [1.82, 2.24) is 10.2 Å². The van der Waals surface area contributed by atoms with E-state index in [-0.39, 0.29) is 5.60 Å². The average Bonchev–Trinajstić information content (AvgIpc) is 3.26. The number of likely N-dealkylation sites (tertiary alicyclic amines) is 1. The van der Waals surface area contributed by atoms with Crippen LogP contribution in [0.25, 0.3) is 0 Å². The van der Waals surface area contributed by atoms with Crippen molar-refractivity contribution in [1.29, 1.82) is 0 Å². The zero-order chi connectivity index (χ0) is 14.1. The fraction of sp³-hybridized carbons (Fsp3) is 1.00. The number of thioether (sulfide) groups is 1. The molecule has 3 nitrogen and oxygen atoms in total. The first-order valence-corrected chi connectivity index (χ1v) is 10.2.